The summed E-state index contributed by atoms with van der Waals surface area (Å²) < 4.78 is 5.08. The van der Waals surface area contributed by atoms with Crippen molar-refractivity contribution in [3.63, 3.8) is 0 Å². The van der Waals surface area contributed by atoms with E-state index in [1.54, 1.807) is 50.2 Å². The summed E-state index contributed by atoms with van der Waals surface area (Å²) in [7, 11) is 3.22. The van der Waals surface area contributed by atoms with Crippen LogP contribution in [0.25, 0.3) is 0 Å². The fraction of sp³-hybridized carbons (Fsp3) is 0.429. The van der Waals surface area contributed by atoms with Crippen molar-refractivity contribution in [2.45, 2.75) is 6.04 Å². The highest BCUT2D eigenvalue weighted by atomic mass is 32.2. The molecule has 6 nitrogen and oxygen atoms in total. The predicted octanol–water partition coefficient (Wildman–Crippen LogP) is 1.75. The molecular weight excluding hydrogens is 292 g/mol. The zero-order valence-electron chi connectivity index (χ0n) is 12.0. The molecule has 1 atom stereocenters. The maximum Gasteiger partial charge on any atom is 0.327 e. The van der Waals surface area contributed by atoms with Gasteiger partial charge in [0.15, 0.2) is 0 Å². The number of carboxylic acid groups (broad SMARTS) is 1. The standard InChI is InChI=1S/C14H18N2O4S/c1-15(10-3-5-11(20-2)6-4-10)14(19)16-7-8-21-9-12(16)13(17)18/h3-6,12H,7-9H2,1-2H3,(H,17,18). The Balaban J connectivity index is 2.14. The van der Waals surface area contributed by atoms with Gasteiger partial charge in [0.05, 0.1) is 7.11 Å². The molecule has 0 radical (unpaired) electrons. The SMILES string of the molecule is COc1ccc(N(C)C(=O)N2CCSCC2C(=O)O)cc1. The number of hydrogen-bond donors (Lipinski definition) is 1. The van der Waals surface area contributed by atoms with Crippen LogP contribution in [0.1, 0.15) is 0 Å². The normalized spacial score (nSPS) is 18.2. The first-order valence-corrected chi connectivity index (χ1v) is 7.69. The van der Waals surface area contributed by atoms with Crippen LogP contribution >= 0.6 is 11.8 Å². The first-order chi connectivity index (χ1) is 10.0. The van der Waals surface area contributed by atoms with Crippen LogP contribution in [-0.4, -0.2) is 60.3 Å². The molecule has 1 unspecified atom stereocenters. The van der Waals surface area contributed by atoms with Crippen LogP contribution in [0, 0.1) is 0 Å². The van der Waals surface area contributed by atoms with Crippen LogP contribution in [0.2, 0.25) is 0 Å². The second-order valence-electron chi connectivity index (χ2n) is 4.66. The summed E-state index contributed by atoms with van der Waals surface area (Å²) in [5.74, 6) is 0.930. The third-order valence-corrected chi connectivity index (χ3v) is 4.43. The molecule has 2 amide bonds. The van der Waals surface area contributed by atoms with E-state index in [1.165, 1.54) is 9.80 Å². The van der Waals surface area contributed by atoms with Crippen molar-refractivity contribution < 1.29 is 19.4 Å². The quantitative estimate of drug-likeness (QED) is 0.921. The second-order valence-corrected chi connectivity index (χ2v) is 5.81. The highest BCUT2D eigenvalue weighted by Crippen LogP contribution is 2.22. The van der Waals surface area contributed by atoms with Crippen LogP contribution < -0.4 is 9.64 Å². The van der Waals surface area contributed by atoms with Crippen molar-refractivity contribution in [2.24, 2.45) is 0 Å². The highest BCUT2D eigenvalue weighted by molar-refractivity contribution is 7.99. The van der Waals surface area contributed by atoms with Gasteiger partial charge in [0.2, 0.25) is 0 Å². The van der Waals surface area contributed by atoms with Gasteiger partial charge in [-0.15, -0.1) is 0 Å². The molecule has 0 aromatic heterocycles. The van der Waals surface area contributed by atoms with Crippen molar-refractivity contribution in [1.29, 1.82) is 0 Å². The highest BCUT2D eigenvalue weighted by Gasteiger charge is 2.34. The summed E-state index contributed by atoms with van der Waals surface area (Å²) in [6.45, 7) is 0.445. The Kier molecular flexibility index (Phi) is 4.95. The van der Waals surface area contributed by atoms with E-state index in [0.717, 1.165) is 5.75 Å². The van der Waals surface area contributed by atoms with E-state index in [1.807, 2.05) is 0 Å². The zero-order valence-corrected chi connectivity index (χ0v) is 12.8. The molecule has 1 aliphatic rings. The van der Waals surface area contributed by atoms with Crippen molar-refractivity contribution in [2.75, 3.05) is 37.1 Å². The van der Waals surface area contributed by atoms with Crippen LogP contribution in [0.5, 0.6) is 5.75 Å². The first-order valence-electron chi connectivity index (χ1n) is 6.53. The van der Waals surface area contributed by atoms with Gasteiger partial charge in [0.25, 0.3) is 0 Å². The number of rotatable bonds is 3. The number of benzene rings is 1. The van der Waals surface area contributed by atoms with Crippen molar-refractivity contribution in [3.8, 4) is 5.75 Å². The van der Waals surface area contributed by atoms with Gasteiger partial charge in [-0.1, -0.05) is 0 Å². The molecular formula is C14H18N2O4S. The average Bonchev–Trinajstić information content (AvgIpc) is 2.53. The van der Waals surface area contributed by atoms with Gasteiger partial charge in [-0.2, -0.15) is 11.8 Å². The molecule has 0 spiro atoms. The van der Waals surface area contributed by atoms with E-state index in [4.69, 9.17) is 4.74 Å². The van der Waals surface area contributed by atoms with Crippen LogP contribution in [-0.2, 0) is 4.79 Å². The molecule has 2 rings (SSSR count). The van der Waals surface area contributed by atoms with Gasteiger partial charge < -0.3 is 14.7 Å². The van der Waals surface area contributed by atoms with Gasteiger partial charge in [-0.25, -0.2) is 9.59 Å². The molecule has 0 aliphatic carbocycles. The minimum atomic E-state index is -0.960. The number of anilines is 1. The number of nitrogens with zero attached hydrogens (tertiary/aromatic N) is 2. The van der Waals surface area contributed by atoms with E-state index in [2.05, 4.69) is 0 Å². The Morgan fingerprint density at radius 2 is 2.05 bits per heavy atom. The van der Waals surface area contributed by atoms with Crippen LogP contribution in [0.3, 0.4) is 0 Å². The number of carbonyl (C=O) groups is 2. The average molecular weight is 310 g/mol. The summed E-state index contributed by atoms with van der Waals surface area (Å²) in [5, 5.41) is 9.24. The van der Waals surface area contributed by atoms with E-state index in [0.29, 0.717) is 23.7 Å². The smallest absolute Gasteiger partial charge is 0.327 e. The lowest BCUT2D eigenvalue weighted by molar-refractivity contribution is -0.141. The van der Waals surface area contributed by atoms with E-state index in [-0.39, 0.29) is 6.03 Å². The molecule has 1 fully saturated rings. The number of carboxylic acids is 1. The fourth-order valence-corrected chi connectivity index (χ4v) is 3.18. The summed E-state index contributed by atoms with van der Waals surface area (Å²) in [6, 6.07) is 6.00. The molecule has 0 bridgehead atoms. The van der Waals surface area contributed by atoms with Gasteiger partial charge in [-0.05, 0) is 24.3 Å². The number of amides is 2. The fourth-order valence-electron chi connectivity index (χ4n) is 2.15. The lowest BCUT2D eigenvalue weighted by Crippen LogP contribution is -2.54. The van der Waals surface area contributed by atoms with E-state index in [9.17, 15) is 14.7 Å². The summed E-state index contributed by atoms with van der Waals surface area (Å²) in [4.78, 5) is 26.7. The molecule has 1 heterocycles. The summed E-state index contributed by atoms with van der Waals surface area (Å²) in [5.41, 5.74) is 0.697. The summed E-state index contributed by atoms with van der Waals surface area (Å²) in [6.07, 6.45) is 0. The lowest BCUT2D eigenvalue weighted by Gasteiger charge is -2.35. The maximum absolute atomic E-state index is 12.5. The van der Waals surface area contributed by atoms with Gasteiger partial charge in [0.1, 0.15) is 11.8 Å². The van der Waals surface area contributed by atoms with Gasteiger partial charge >= 0.3 is 12.0 Å². The van der Waals surface area contributed by atoms with Crippen molar-refractivity contribution >= 4 is 29.4 Å². The Morgan fingerprint density at radius 1 is 1.38 bits per heavy atom. The third-order valence-electron chi connectivity index (χ3n) is 3.41. The number of carbonyl (C=O) groups excluding carboxylic acids is 1. The van der Waals surface area contributed by atoms with Crippen molar-refractivity contribution in [3.05, 3.63) is 24.3 Å². The molecule has 7 heteroatoms. The third kappa shape index (κ3) is 3.41. The number of aliphatic carboxylic acids is 1. The predicted molar refractivity (Wildman–Crippen MR) is 82.2 cm³/mol. The molecule has 114 valence electrons. The monoisotopic (exact) mass is 310 g/mol. The molecule has 21 heavy (non-hydrogen) atoms. The molecule has 1 N–H and O–H groups in total. The minimum Gasteiger partial charge on any atom is -0.497 e. The van der Waals surface area contributed by atoms with Crippen LogP contribution in [0.15, 0.2) is 24.3 Å². The first kappa shape index (κ1) is 15.5. The zero-order chi connectivity index (χ0) is 15.4. The van der Waals surface area contributed by atoms with Gasteiger partial charge in [0, 0.05) is 30.8 Å². The number of thioether (sulfide) groups is 1. The Morgan fingerprint density at radius 3 is 2.62 bits per heavy atom. The number of urea groups is 1. The summed E-state index contributed by atoms with van der Waals surface area (Å²) >= 11 is 1.56. The largest absolute Gasteiger partial charge is 0.497 e. The van der Waals surface area contributed by atoms with Gasteiger partial charge in [-0.3, -0.25) is 4.90 Å². The molecule has 1 saturated heterocycles. The minimum absolute atomic E-state index is 0.298. The number of methoxy groups -OCH3 is 1. The molecule has 1 aromatic carbocycles. The Bertz CT molecular complexity index is 520. The van der Waals surface area contributed by atoms with E-state index < -0.39 is 12.0 Å². The number of ether oxygens (including phenoxy) is 1. The lowest BCUT2D eigenvalue weighted by atomic mass is 10.2. The Labute approximate surface area is 127 Å². The molecule has 1 aromatic rings. The Hall–Kier alpha value is -1.89. The topological polar surface area (TPSA) is 70.1 Å². The van der Waals surface area contributed by atoms with E-state index >= 15 is 0 Å². The molecule has 0 saturated carbocycles. The maximum atomic E-state index is 12.5. The molecule has 1 aliphatic heterocycles. The second kappa shape index (κ2) is 6.71. The van der Waals surface area contributed by atoms with Crippen LogP contribution in [0.4, 0.5) is 10.5 Å². The number of hydrogen-bond acceptors (Lipinski definition) is 4. The van der Waals surface area contributed by atoms with Crippen molar-refractivity contribution in [1.82, 2.24) is 4.90 Å².